The second kappa shape index (κ2) is 10.9. The quantitative estimate of drug-likeness (QED) is 0.583. The molecule has 0 spiro atoms. The van der Waals surface area contributed by atoms with Gasteiger partial charge in [0.1, 0.15) is 6.04 Å². The van der Waals surface area contributed by atoms with Gasteiger partial charge in [0.25, 0.3) is 0 Å². The highest BCUT2D eigenvalue weighted by molar-refractivity contribution is 7.89. The predicted molar refractivity (Wildman–Crippen MR) is 137 cm³/mol. The molecule has 2 aromatic rings. The van der Waals surface area contributed by atoms with E-state index in [1.54, 1.807) is 17.0 Å². The fourth-order valence-corrected chi connectivity index (χ4v) is 6.35. The summed E-state index contributed by atoms with van der Waals surface area (Å²) in [5.74, 6) is 0.0956. The van der Waals surface area contributed by atoms with Gasteiger partial charge >= 0.3 is 0 Å². The van der Waals surface area contributed by atoms with Crippen molar-refractivity contribution in [2.45, 2.75) is 75.8 Å². The van der Waals surface area contributed by atoms with Crippen LogP contribution in [0.4, 0.5) is 5.69 Å². The average Bonchev–Trinajstić information content (AvgIpc) is 3.28. The van der Waals surface area contributed by atoms with Crippen molar-refractivity contribution in [2.75, 3.05) is 11.4 Å². The zero-order valence-corrected chi connectivity index (χ0v) is 21.3. The summed E-state index contributed by atoms with van der Waals surface area (Å²) < 4.78 is 29.5. The third kappa shape index (κ3) is 5.93. The number of hydrogen-bond donors (Lipinski definition) is 2. The molecule has 3 atom stereocenters. The van der Waals surface area contributed by atoms with Gasteiger partial charge in [-0.1, -0.05) is 57.0 Å². The molecule has 2 N–H and O–H groups in total. The fraction of sp³-hybridized carbons (Fsp3) is 0.481. The number of sulfonamides is 1. The normalized spacial score (nSPS) is 20.8. The Balaban J connectivity index is 1.55. The minimum atomic E-state index is -3.96. The first-order valence-corrected chi connectivity index (χ1v) is 14.1. The van der Waals surface area contributed by atoms with Crippen LogP contribution in [0.2, 0.25) is 0 Å². The molecule has 1 heterocycles. The molecule has 188 valence electrons. The van der Waals surface area contributed by atoms with Gasteiger partial charge in [0.2, 0.25) is 21.8 Å². The summed E-state index contributed by atoms with van der Waals surface area (Å²) in [6, 6.07) is 13.4. The zero-order chi connectivity index (χ0) is 25.0. The molecule has 0 aromatic heterocycles. The van der Waals surface area contributed by atoms with E-state index < -0.39 is 16.1 Å². The van der Waals surface area contributed by atoms with Gasteiger partial charge in [-0.05, 0) is 60.9 Å². The molecule has 1 saturated carbocycles. The van der Waals surface area contributed by atoms with Crippen LogP contribution >= 0.6 is 0 Å². The summed E-state index contributed by atoms with van der Waals surface area (Å²) in [6.07, 6.45) is 5.47. The van der Waals surface area contributed by atoms with Crippen LogP contribution in [0.25, 0.3) is 0 Å². The third-order valence-electron chi connectivity index (χ3n) is 7.20. The van der Waals surface area contributed by atoms with E-state index >= 15 is 0 Å². The molecule has 4 rings (SSSR count). The maximum atomic E-state index is 13.4. The number of anilines is 1. The van der Waals surface area contributed by atoms with E-state index in [1.165, 1.54) is 6.07 Å². The SMILES string of the molecule is CCC(=O)N1CCc2cc(S(=O)(=O)N[C@H](Cc3ccccc3)C(=O)N[C@@H]3CCCC[C@H]3C)ccc21. The van der Waals surface area contributed by atoms with Crippen molar-refractivity contribution in [3.63, 3.8) is 0 Å². The Morgan fingerprint density at radius 1 is 1.09 bits per heavy atom. The lowest BCUT2D eigenvalue weighted by molar-refractivity contribution is -0.124. The largest absolute Gasteiger partial charge is 0.352 e. The molecule has 0 bridgehead atoms. The summed E-state index contributed by atoms with van der Waals surface area (Å²) in [5.41, 5.74) is 2.48. The standard InChI is InChI=1S/C27H35N3O4S/c1-3-26(31)30-16-15-21-18-22(13-14-25(21)30)35(33,34)29-24(17-20-10-5-4-6-11-20)27(32)28-23-12-8-7-9-19(23)2/h4-6,10-11,13-14,18-19,23-24,29H,3,7-9,12,15-17H2,1-2H3,(H,28,32)/t19-,23-,24-/m1/s1. The van der Waals surface area contributed by atoms with Crippen molar-refractivity contribution in [2.24, 2.45) is 5.92 Å². The molecular weight excluding hydrogens is 462 g/mol. The second-order valence-corrected chi connectivity index (χ2v) is 11.4. The maximum absolute atomic E-state index is 13.4. The van der Waals surface area contributed by atoms with Gasteiger partial charge in [0, 0.05) is 24.7 Å². The van der Waals surface area contributed by atoms with Gasteiger partial charge in [-0.2, -0.15) is 4.72 Å². The number of nitrogens with one attached hydrogen (secondary N) is 2. The van der Waals surface area contributed by atoms with Crippen molar-refractivity contribution in [1.82, 2.24) is 10.0 Å². The van der Waals surface area contributed by atoms with Gasteiger partial charge in [0.15, 0.2) is 0 Å². The molecule has 0 unspecified atom stereocenters. The van der Waals surface area contributed by atoms with Crippen LogP contribution in [0.5, 0.6) is 0 Å². The zero-order valence-electron chi connectivity index (χ0n) is 20.5. The highest BCUT2D eigenvalue weighted by Gasteiger charge is 2.31. The molecule has 1 aliphatic heterocycles. The van der Waals surface area contributed by atoms with Crippen LogP contribution in [0.3, 0.4) is 0 Å². The van der Waals surface area contributed by atoms with E-state index in [-0.39, 0.29) is 29.2 Å². The van der Waals surface area contributed by atoms with Crippen LogP contribution in [0.15, 0.2) is 53.4 Å². The van der Waals surface area contributed by atoms with E-state index in [4.69, 9.17) is 0 Å². The molecule has 2 aliphatic rings. The average molecular weight is 498 g/mol. The summed E-state index contributed by atoms with van der Waals surface area (Å²) in [4.78, 5) is 27.3. The van der Waals surface area contributed by atoms with Crippen LogP contribution in [0.1, 0.15) is 57.1 Å². The van der Waals surface area contributed by atoms with E-state index in [2.05, 4.69) is 17.0 Å². The Bertz CT molecular complexity index is 1170. The molecule has 0 radical (unpaired) electrons. The monoisotopic (exact) mass is 497 g/mol. The molecule has 0 saturated heterocycles. The van der Waals surface area contributed by atoms with Crippen LogP contribution in [0, 0.1) is 5.92 Å². The summed E-state index contributed by atoms with van der Waals surface area (Å²) in [6.45, 7) is 4.50. The molecular formula is C27H35N3O4S. The van der Waals surface area contributed by atoms with E-state index in [9.17, 15) is 18.0 Å². The van der Waals surface area contributed by atoms with E-state index in [0.717, 1.165) is 42.5 Å². The van der Waals surface area contributed by atoms with E-state index in [0.29, 0.717) is 25.3 Å². The molecule has 2 aromatic carbocycles. The Morgan fingerprint density at radius 3 is 2.54 bits per heavy atom. The lowest BCUT2D eigenvalue weighted by Gasteiger charge is -2.31. The number of nitrogens with zero attached hydrogens (tertiary/aromatic N) is 1. The van der Waals surface area contributed by atoms with Gasteiger partial charge < -0.3 is 10.2 Å². The minimum Gasteiger partial charge on any atom is -0.352 e. The van der Waals surface area contributed by atoms with Crippen LogP contribution in [-0.2, 0) is 32.5 Å². The highest BCUT2D eigenvalue weighted by Crippen LogP contribution is 2.31. The van der Waals surface area contributed by atoms with Gasteiger partial charge in [-0.15, -0.1) is 0 Å². The Hall–Kier alpha value is -2.71. The maximum Gasteiger partial charge on any atom is 0.241 e. The fourth-order valence-electron chi connectivity index (χ4n) is 5.10. The Kier molecular flexibility index (Phi) is 7.91. The molecule has 2 amide bonds. The number of benzene rings is 2. The predicted octanol–water partition coefficient (Wildman–Crippen LogP) is 3.57. The highest BCUT2D eigenvalue weighted by atomic mass is 32.2. The van der Waals surface area contributed by atoms with Gasteiger partial charge in [0.05, 0.1) is 4.90 Å². The van der Waals surface area contributed by atoms with Gasteiger partial charge in [-0.3, -0.25) is 9.59 Å². The smallest absolute Gasteiger partial charge is 0.241 e. The van der Waals surface area contributed by atoms with Crippen LogP contribution in [-0.4, -0.2) is 38.9 Å². The summed E-state index contributed by atoms with van der Waals surface area (Å²) in [7, 11) is -3.96. The summed E-state index contributed by atoms with van der Waals surface area (Å²) >= 11 is 0. The van der Waals surface area contributed by atoms with Gasteiger partial charge in [-0.25, -0.2) is 8.42 Å². The molecule has 8 heteroatoms. The van der Waals surface area contributed by atoms with Crippen molar-refractivity contribution in [3.8, 4) is 0 Å². The number of amides is 2. The molecule has 7 nitrogen and oxygen atoms in total. The minimum absolute atomic E-state index is 0.0222. The topological polar surface area (TPSA) is 95.6 Å². The van der Waals surface area contributed by atoms with Crippen LogP contribution < -0.4 is 14.9 Å². The van der Waals surface area contributed by atoms with Crippen molar-refractivity contribution < 1.29 is 18.0 Å². The lowest BCUT2D eigenvalue weighted by Crippen LogP contribution is -2.52. The van der Waals surface area contributed by atoms with Crippen molar-refractivity contribution >= 4 is 27.5 Å². The second-order valence-electron chi connectivity index (χ2n) is 9.68. The number of fused-ring (bicyclic) bond motifs is 1. The molecule has 1 fully saturated rings. The first kappa shape index (κ1) is 25.4. The number of rotatable bonds is 8. The number of carbonyl (C=O) groups excluding carboxylic acids is 2. The number of carbonyl (C=O) groups is 2. The van der Waals surface area contributed by atoms with E-state index in [1.807, 2.05) is 37.3 Å². The van der Waals surface area contributed by atoms with Crippen molar-refractivity contribution in [1.29, 1.82) is 0 Å². The first-order valence-electron chi connectivity index (χ1n) is 12.6. The Labute approximate surface area is 208 Å². The molecule has 35 heavy (non-hydrogen) atoms. The number of hydrogen-bond acceptors (Lipinski definition) is 4. The van der Waals surface area contributed by atoms with Crippen molar-refractivity contribution in [3.05, 3.63) is 59.7 Å². The molecule has 1 aliphatic carbocycles. The Morgan fingerprint density at radius 2 is 1.83 bits per heavy atom. The lowest BCUT2D eigenvalue weighted by atomic mass is 9.86. The third-order valence-corrected chi connectivity index (χ3v) is 8.67. The first-order chi connectivity index (χ1) is 16.8. The summed E-state index contributed by atoms with van der Waals surface area (Å²) in [5, 5.41) is 3.12.